The lowest BCUT2D eigenvalue weighted by Gasteiger charge is -2.38. The Morgan fingerprint density at radius 2 is 1.86 bits per heavy atom. The number of nitrogens with one attached hydrogen (secondary N) is 1. The molecule has 1 aliphatic carbocycles. The number of H-pyrrole nitrogens is 1. The highest BCUT2D eigenvalue weighted by Crippen LogP contribution is 2.33. The Balaban J connectivity index is 1.27. The molecular weight excluding hydrogens is 380 g/mol. The zero-order valence-electron chi connectivity index (χ0n) is 17.0. The molecule has 152 valence electrons. The number of hydrogen-bond acceptors (Lipinski definition) is 5. The molecule has 5 rings (SSSR count). The van der Waals surface area contributed by atoms with Crippen LogP contribution in [0.15, 0.2) is 35.1 Å². The minimum absolute atomic E-state index is 0.0562. The summed E-state index contributed by atoms with van der Waals surface area (Å²) in [5.41, 5.74) is 2.69. The van der Waals surface area contributed by atoms with Crippen molar-refractivity contribution in [3.05, 3.63) is 62.5 Å². The third-order valence-corrected chi connectivity index (χ3v) is 7.67. The van der Waals surface area contributed by atoms with E-state index in [-0.39, 0.29) is 5.56 Å². The SMILES string of the molecule is C[C@H](c1ccccc1)N1CCN(Cc2nc3sc4c(c3c(=O)[nH]2)CCCC4)CC1. The zero-order valence-corrected chi connectivity index (χ0v) is 17.8. The number of fused-ring (bicyclic) bond motifs is 3. The van der Waals surface area contributed by atoms with Crippen LogP contribution in [-0.2, 0) is 19.4 Å². The number of nitrogens with zero attached hydrogens (tertiary/aromatic N) is 3. The van der Waals surface area contributed by atoms with E-state index in [1.54, 1.807) is 11.3 Å². The van der Waals surface area contributed by atoms with Crippen molar-refractivity contribution in [3.63, 3.8) is 0 Å². The van der Waals surface area contributed by atoms with E-state index in [1.165, 1.54) is 28.8 Å². The fourth-order valence-electron chi connectivity index (χ4n) is 4.75. The molecule has 1 aliphatic heterocycles. The molecule has 0 radical (unpaired) electrons. The van der Waals surface area contributed by atoms with Crippen LogP contribution < -0.4 is 5.56 Å². The van der Waals surface area contributed by atoms with Crippen LogP contribution in [0.1, 0.15) is 47.6 Å². The third-order valence-electron chi connectivity index (χ3n) is 6.48. The Labute approximate surface area is 175 Å². The second-order valence-corrected chi connectivity index (χ2v) is 9.39. The molecule has 1 saturated heterocycles. The maximum absolute atomic E-state index is 12.8. The van der Waals surface area contributed by atoms with Crippen LogP contribution in [0.25, 0.3) is 10.2 Å². The number of aromatic nitrogens is 2. The topological polar surface area (TPSA) is 52.2 Å². The summed E-state index contributed by atoms with van der Waals surface area (Å²) in [7, 11) is 0. The second kappa shape index (κ2) is 8.01. The molecule has 3 aromatic rings. The summed E-state index contributed by atoms with van der Waals surface area (Å²) in [6.45, 7) is 7.09. The number of rotatable bonds is 4. The summed E-state index contributed by atoms with van der Waals surface area (Å²) >= 11 is 1.73. The minimum Gasteiger partial charge on any atom is -0.309 e. The fraction of sp³-hybridized carbons (Fsp3) is 0.478. The first kappa shape index (κ1) is 19.0. The van der Waals surface area contributed by atoms with E-state index in [0.29, 0.717) is 6.04 Å². The number of aryl methyl sites for hydroxylation is 2. The quantitative estimate of drug-likeness (QED) is 0.715. The first-order valence-corrected chi connectivity index (χ1v) is 11.6. The molecule has 1 aromatic carbocycles. The summed E-state index contributed by atoms with van der Waals surface area (Å²) in [6, 6.07) is 11.2. The largest absolute Gasteiger partial charge is 0.309 e. The van der Waals surface area contributed by atoms with Gasteiger partial charge in [-0.15, -0.1) is 11.3 Å². The molecule has 0 bridgehead atoms. The Morgan fingerprint density at radius 3 is 2.66 bits per heavy atom. The lowest BCUT2D eigenvalue weighted by molar-refractivity contribution is 0.0962. The first-order valence-electron chi connectivity index (χ1n) is 10.7. The summed E-state index contributed by atoms with van der Waals surface area (Å²) in [5, 5.41) is 0.856. The van der Waals surface area contributed by atoms with Gasteiger partial charge in [-0.3, -0.25) is 14.6 Å². The van der Waals surface area contributed by atoms with Crippen molar-refractivity contribution >= 4 is 21.6 Å². The summed E-state index contributed by atoms with van der Waals surface area (Å²) in [5.74, 6) is 0.811. The molecule has 2 aromatic heterocycles. The maximum Gasteiger partial charge on any atom is 0.259 e. The van der Waals surface area contributed by atoms with Crippen LogP contribution in [0.5, 0.6) is 0 Å². The average molecular weight is 409 g/mol. The van der Waals surface area contributed by atoms with Gasteiger partial charge in [-0.25, -0.2) is 4.98 Å². The van der Waals surface area contributed by atoms with Crippen molar-refractivity contribution in [2.45, 2.75) is 45.2 Å². The second-order valence-electron chi connectivity index (χ2n) is 8.30. The highest BCUT2D eigenvalue weighted by Gasteiger charge is 2.24. The van der Waals surface area contributed by atoms with Gasteiger partial charge in [-0.05, 0) is 43.7 Å². The highest BCUT2D eigenvalue weighted by atomic mass is 32.1. The van der Waals surface area contributed by atoms with Gasteiger partial charge >= 0.3 is 0 Å². The van der Waals surface area contributed by atoms with Crippen molar-refractivity contribution in [2.75, 3.05) is 26.2 Å². The lowest BCUT2D eigenvalue weighted by atomic mass is 9.97. The fourth-order valence-corrected chi connectivity index (χ4v) is 6.03. The van der Waals surface area contributed by atoms with Crippen LogP contribution in [0, 0.1) is 0 Å². The van der Waals surface area contributed by atoms with Gasteiger partial charge in [-0.1, -0.05) is 30.3 Å². The van der Waals surface area contributed by atoms with Gasteiger partial charge in [0.2, 0.25) is 0 Å². The maximum atomic E-state index is 12.8. The van der Waals surface area contributed by atoms with Crippen LogP contribution >= 0.6 is 11.3 Å². The van der Waals surface area contributed by atoms with Crippen LogP contribution in [-0.4, -0.2) is 45.9 Å². The molecule has 0 amide bonds. The van der Waals surface area contributed by atoms with E-state index in [1.807, 2.05) is 0 Å². The number of benzene rings is 1. The van der Waals surface area contributed by atoms with Gasteiger partial charge in [0, 0.05) is 37.1 Å². The number of aromatic amines is 1. The molecule has 29 heavy (non-hydrogen) atoms. The molecule has 1 fully saturated rings. The predicted octanol–water partition coefficient (Wildman–Crippen LogP) is 3.74. The lowest BCUT2D eigenvalue weighted by Crippen LogP contribution is -2.46. The summed E-state index contributed by atoms with van der Waals surface area (Å²) < 4.78 is 0. The minimum atomic E-state index is 0.0562. The molecule has 0 unspecified atom stereocenters. The third kappa shape index (κ3) is 3.77. The Bertz CT molecular complexity index is 1050. The van der Waals surface area contributed by atoms with E-state index in [0.717, 1.165) is 61.6 Å². The predicted molar refractivity (Wildman–Crippen MR) is 119 cm³/mol. The molecule has 3 heterocycles. The van der Waals surface area contributed by atoms with Gasteiger partial charge in [0.05, 0.1) is 11.9 Å². The molecule has 5 nitrogen and oxygen atoms in total. The Morgan fingerprint density at radius 1 is 1.10 bits per heavy atom. The molecule has 0 spiro atoms. The van der Waals surface area contributed by atoms with Gasteiger partial charge in [-0.2, -0.15) is 0 Å². The smallest absolute Gasteiger partial charge is 0.259 e. The van der Waals surface area contributed by atoms with E-state index < -0.39 is 0 Å². The normalized spacial score (nSPS) is 19.3. The van der Waals surface area contributed by atoms with Gasteiger partial charge in [0.1, 0.15) is 10.7 Å². The van der Waals surface area contributed by atoms with Crippen molar-refractivity contribution in [1.82, 2.24) is 19.8 Å². The van der Waals surface area contributed by atoms with Crippen molar-refractivity contribution in [2.24, 2.45) is 0 Å². The van der Waals surface area contributed by atoms with Crippen molar-refractivity contribution in [3.8, 4) is 0 Å². The standard InChI is InChI=1S/C23H28N4OS/c1-16(17-7-3-2-4-8-17)27-13-11-26(12-14-27)15-20-24-22(28)21-18-9-5-6-10-19(18)29-23(21)25-20/h2-4,7-8,16H,5-6,9-15H2,1H3,(H,24,25,28)/t16-/m1/s1. The van der Waals surface area contributed by atoms with Crippen molar-refractivity contribution < 1.29 is 0 Å². The molecule has 0 saturated carbocycles. The van der Waals surface area contributed by atoms with E-state index in [2.05, 4.69) is 52.0 Å². The number of hydrogen-bond donors (Lipinski definition) is 1. The molecular formula is C23H28N4OS. The summed E-state index contributed by atoms with van der Waals surface area (Å²) in [6.07, 6.45) is 4.55. The summed E-state index contributed by atoms with van der Waals surface area (Å²) in [4.78, 5) is 27.9. The monoisotopic (exact) mass is 408 g/mol. The molecule has 6 heteroatoms. The van der Waals surface area contributed by atoms with E-state index in [4.69, 9.17) is 4.98 Å². The van der Waals surface area contributed by atoms with Gasteiger partial charge < -0.3 is 4.98 Å². The highest BCUT2D eigenvalue weighted by molar-refractivity contribution is 7.18. The molecule has 2 aliphatic rings. The Hall–Kier alpha value is -2.02. The van der Waals surface area contributed by atoms with Crippen LogP contribution in [0.3, 0.4) is 0 Å². The van der Waals surface area contributed by atoms with E-state index >= 15 is 0 Å². The molecule has 1 N–H and O–H groups in total. The Kier molecular flexibility index (Phi) is 5.24. The van der Waals surface area contributed by atoms with Crippen molar-refractivity contribution in [1.29, 1.82) is 0 Å². The van der Waals surface area contributed by atoms with Gasteiger partial charge in [0.25, 0.3) is 5.56 Å². The van der Waals surface area contributed by atoms with E-state index in [9.17, 15) is 4.79 Å². The zero-order chi connectivity index (χ0) is 19.8. The first-order chi connectivity index (χ1) is 14.2. The number of piperazine rings is 1. The average Bonchev–Trinajstić information content (AvgIpc) is 3.13. The molecule has 1 atom stereocenters. The van der Waals surface area contributed by atoms with Crippen LogP contribution in [0.2, 0.25) is 0 Å². The van der Waals surface area contributed by atoms with Crippen LogP contribution in [0.4, 0.5) is 0 Å². The van der Waals surface area contributed by atoms with Gasteiger partial charge in [0.15, 0.2) is 0 Å². The number of thiophene rings is 1.